The number of likely N-dealkylation sites (tertiary alicyclic amines) is 1. The number of phenols is 1. The molecule has 5 rings (SSSR count). The molecule has 4 aromatic rings. The minimum Gasteiger partial charge on any atom is -0.508 e. The van der Waals surface area contributed by atoms with Crippen LogP contribution >= 0.6 is 11.6 Å². The lowest BCUT2D eigenvalue weighted by atomic mass is 9.97. The fraction of sp³-hybridized carbons (Fsp3) is 0.333. The van der Waals surface area contributed by atoms with E-state index < -0.39 is 0 Å². The number of nitrogens with zero attached hydrogens (tertiary/aromatic N) is 4. The summed E-state index contributed by atoms with van der Waals surface area (Å²) in [5, 5.41) is 12.8. The maximum Gasteiger partial charge on any atom is 0.314 e. The molecule has 0 bridgehead atoms. The highest BCUT2D eigenvalue weighted by Crippen LogP contribution is 2.39. The van der Waals surface area contributed by atoms with E-state index in [4.69, 9.17) is 16.3 Å². The van der Waals surface area contributed by atoms with E-state index in [0.717, 1.165) is 47.8 Å². The smallest absolute Gasteiger partial charge is 0.314 e. The van der Waals surface area contributed by atoms with Crippen molar-refractivity contribution in [2.45, 2.75) is 25.8 Å². The fourth-order valence-corrected chi connectivity index (χ4v) is 5.47. The van der Waals surface area contributed by atoms with Gasteiger partial charge >= 0.3 is 5.56 Å². The van der Waals surface area contributed by atoms with Crippen LogP contribution in [0, 0.1) is 0 Å². The van der Waals surface area contributed by atoms with Gasteiger partial charge in [-0.2, -0.15) is 0 Å². The van der Waals surface area contributed by atoms with Crippen molar-refractivity contribution in [1.82, 2.24) is 19.4 Å². The van der Waals surface area contributed by atoms with Gasteiger partial charge in [0.25, 0.3) is 5.88 Å². The highest BCUT2D eigenvalue weighted by atomic mass is 35.5. The summed E-state index contributed by atoms with van der Waals surface area (Å²) >= 11 is 6.90. The van der Waals surface area contributed by atoms with Crippen LogP contribution in [0.15, 0.2) is 65.6 Å². The average Bonchev–Trinajstić information content (AvgIpc) is 2.89. The van der Waals surface area contributed by atoms with Gasteiger partial charge in [0.05, 0.1) is 16.1 Å². The monoisotopic (exact) mass is 532 g/mol. The minimum atomic E-state index is -0.229. The predicted octanol–water partition coefficient (Wildman–Crippen LogP) is 5.69. The van der Waals surface area contributed by atoms with Crippen LogP contribution in [-0.4, -0.2) is 64.8 Å². The molecule has 1 aliphatic rings. The molecule has 0 amide bonds. The molecule has 1 fully saturated rings. The summed E-state index contributed by atoms with van der Waals surface area (Å²) in [4.78, 5) is 22.7. The first-order valence-electron chi connectivity index (χ1n) is 13.0. The Morgan fingerprint density at radius 3 is 2.63 bits per heavy atom. The zero-order valence-corrected chi connectivity index (χ0v) is 22.8. The molecular formula is C30H33ClN4O3. The van der Waals surface area contributed by atoms with E-state index in [-0.39, 0.29) is 23.2 Å². The molecule has 1 saturated heterocycles. The van der Waals surface area contributed by atoms with Gasteiger partial charge in [-0.3, -0.25) is 9.36 Å². The Hall–Kier alpha value is -3.55. The van der Waals surface area contributed by atoms with Gasteiger partial charge in [-0.25, -0.2) is 4.98 Å². The van der Waals surface area contributed by atoms with Crippen LogP contribution in [0.4, 0.5) is 0 Å². The van der Waals surface area contributed by atoms with Gasteiger partial charge in [0.1, 0.15) is 12.4 Å². The van der Waals surface area contributed by atoms with Crippen molar-refractivity contribution < 1.29 is 9.84 Å². The van der Waals surface area contributed by atoms with E-state index in [1.807, 2.05) is 73.0 Å². The average molecular weight is 533 g/mol. The van der Waals surface area contributed by atoms with E-state index in [2.05, 4.69) is 16.1 Å². The third-order valence-corrected chi connectivity index (χ3v) is 7.40. The molecule has 0 aliphatic carbocycles. The van der Waals surface area contributed by atoms with E-state index in [1.165, 1.54) is 0 Å². The Bertz CT molecular complexity index is 1560. The lowest BCUT2D eigenvalue weighted by molar-refractivity contribution is 0.232. The predicted molar refractivity (Wildman–Crippen MR) is 154 cm³/mol. The summed E-state index contributed by atoms with van der Waals surface area (Å²) in [5.41, 5.74) is 2.64. The molecule has 0 unspecified atom stereocenters. The molecule has 0 spiro atoms. The second-order valence-corrected chi connectivity index (χ2v) is 10.4. The second-order valence-electron chi connectivity index (χ2n) is 10.0. The summed E-state index contributed by atoms with van der Waals surface area (Å²) in [6.45, 7) is 4.77. The van der Waals surface area contributed by atoms with Crippen molar-refractivity contribution in [2.24, 2.45) is 0 Å². The topological polar surface area (TPSA) is 70.8 Å². The summed E-state index contributed by atoms with van der Waals surface area (Å²) in [6, 6.07) is 15.1. The number of hydrogen-bond donors (Lipinski definition) is 1. The number of benzene rings is 3. The lowest BCUT2D eigenvalue weighted by Gasteiger charge is -2.33. The first-order valence-corrected chi connectivity index (χ1v) is 13.4. The highest BCUT2D eigenvalue weighted by molar-refractivity contribution is 6.34. The number of aromatic nitrogens is 2. The SMILES string of the molecule is CC=CN1CCC(n2c(=O)c(OCCN(C)C)nc3cc(-c4cc(O)cc5ccccc45)c(Cl)cc32)CC1. The molecule has 8 heteroatoms. The van der Waals surface area contributed by atoms with E-state index in [0.29, 0.717) is 29.2 Å². The number of hydrogen-bond acceptors (Lipinski definition) is 6. The first-order chi connectivity index (χ1) is 18.4. The summed E-state index contributed by atoms with van der Waals surface area (Å²) in [7, 11) is 3.92. The Kier molecular flexibility index (Phi) is 7.58. The number of phenolic OH excluding ortho intramolecular Hbond substituents is 1. The van der Waals surface area contributed by atoms with Gasteiger partial charge < -0.3 is 19.6 Å². The van der Waals surface area contributed by atoms with Gasteiger partial charge in [-0.15, -0.1) is 0 Å². The van der Waals surface area contributed by atoms with Gasteiger partial charge in [0.2, 0.25) is 0 Å². The molecule has 0 saturated carbocycles. The van der Waals surface area contributed by atoms with Crippen molar-refractivity contribution >= 4 is 33.4 Å². The standard InChI is InChI=1S/C30H33ClN4O3/c1-4-11-34-12-9-21(10-13-34)35-28-19-26(31)25(24-17-22(36)16-20-7-5-6-8-23(20)24)18-27(28)32-29(30(35)37)38-15-14-33(2)3/h4-8,11,16-19,21,36H,9-10,12-15H2,1-3H3. The molecule has 0 atom stereocenters. The molecule has 38 heavy (non-hydrogen) atoms. The van der Waals surface area contributed by atoms with Gasteiger partial charge in [-0.1, -0.05) is 41.9 Å². The van der Waals surface area contributed by atoms with Gasteiger partial charge in [-0.05, 0) is 80.7 Å². The molecule has 2 heterocycles. The van der Waals surface area contributed by atoms with Crippen molar-refractivity contribution in [3.05, 3.63) is 76.2 Å². The van der Waals surface area contributed by atoms with Crippen molar-refractivity contribution in [1.29, 1.82) is 0 Å². The summed E-state index contributed by atoms with van der Waals surface area (Å²) in [6.07, 6.45) is 5.80. The normalized spacial score (nSPS) is 14.8. The Morgan fingerprint density at radius 2 is 1.89 bits per heavy atom. The van der Waals surface area contributed by atoms with Gasteiger partial charge in [0, 0.05) is 31.2 Å². The van der Waals surface area contributed by atoms with Crippen LogP contribution < -0.4 is 10.3 Å². The third kappa shape index (κ3) is 5.22. The number of likely N-dealkylation sites (N-methyl/N-ethyl adjacent to an activating group) is 1. The molecule has 1 aliphatic heterocycles. The minimum absolute atomic E-state index is 0.00854. The maximum atomic E-state index is 13.7. The highest BCUT2D eigenvalue weighted by Gasteiger charge is 2.25. The molecule has 0 radical (unpaired) electrons. The zero-order chi connectivity index (χ0) is 26.8. The largest absolute Gasteiger partial charge is 0.508 e. The van der Waals surface area contributed by atoms with E-state index in [9.17, 15) is 9.90 Å². The zero-order valence-electron chi connectivity index (χ0n) is 22.0. The molecule has 198 valence electrons. The number of ether oxygens (including phenoxy) is 1. The molecule has 7 nitrogen and oxygen atoms in total. The van der Waals surface area contributed by atoms with Crippen molar-refractivity contribution in [2.75, 3.05) is 40.3 Å². The van der Waals surface area contributed by atoms with Crippen LogP contribution in [0.2, 0.25) is 5.02 Å². The number of piperidine rings is 1. The third-order valence-electron chi connectivity index (χ3n) is 7.09. The Morgan fingerprint density at radius 1 is 1.13 bits per heavy atom. The van der Waals surface area contributed by atoms with Crippen molar-refractivity contribution in [3.63, 3.8) is 0 Å². The first kappa shape index (κ1) is 26.1. The van der Waals surface area contributed by atoms with E-state index >= 15 is 0 Å². The summed E-state index contributed by atoms with van der Waals surface area (Å²) in [5.74, 6) is 0.262. The lowest BCUT2D eigenvalue weighted by Crippen LogP contribution is -2.36. The number of fused-ring (bicyclic) bond motifs is 2. The number of aromatic hydroxyl groups is 1. The molecule has 1 aromatic heterocycles. The quantitative estimate of drug-likeness (QED) is 0.330. The van der Waals surface area contributed by atoms with Gasteiger partial charge in [0.15, 0.2) is 0 Å². The van der Waals surface area contributed by atoms with Crippen molar-refractivity contribution in [3.8, 4) is 22.8 Å². The molecular weight excluding hydrogens is 500 g/mol. The number of allylic oxidation sites excluding steroid dienone is 1. The van der Waals surface area contributed by atoms with Crippen LogP contribution in [0.5, 0.6) is 11.6 Å². The number of halogens is 1. The van der Waals surface area contributed by atoms with Crippen LogP contribution in [0.1, 0.15) is 25.8 Å². The van der Waals surface area contributed by atoms with Crippen LogP contribution in [0.3, 0.4) is 0 Å². The fourth-order valence-electron chi connectivity index (χ4n) is 5.21. The van der Waals surface area contributed by atoms with E-state index in [1.54, 1.807) is 12.1 Å². The van der Waals surface area contributed by atoms with Crippen LogP contribution in [0.25, 0.3) is 32.9 Å². The second kappa shape index (κ2) is 11.1. The molecule has 3 aromatic carbocycles. The maximum absolute atomic E-state index is 13.7. The Balaban J connectivity index is 1.66. The Labute approximate surface area is 227 Å². The van der Waals surface area contributed by atoms with Crippen LogP contribution in [-0.2, 0) is 0 Å². The summed E-state index contributed by atoms with van der Waals surface area (Å²) < 4.78 is 7.76. The number of rotatable bonds is 7. The molecule has 1 N–H and O–H groups in total.